The molecule has 0 heterocycles. The number of hydrogen-bond acceptors (Lipinski definition) is 2. The second kappa shape index (κ2) is 27.7. The van der Waals surface area contributed by atoms with Gasteiger partial charge in [-0.2, -0.15) is 0 Å². The molecule has 1 aliphatic rings. The molecule has 1 saturated carbocycles. The third-order valence-corrected chi connectivity index (χ3v) is 8.06. The van der Waals surface area contributed by atoms with Gasteiger partial charge in [-0.1, -0.05) is 179 Å². The fourth-order valence-corrected chi connectivity index (χ4v) is 5.65. The monoisotopic (exact) mass is 514 g/mol. The minimum absolute atomic E-state index is 0.551. The van der Waals surface area contributed by atoms with Gasteiger partial charge in [-0.15, -0.1) is 0 Å². The van der Waals surface area contributed by atoms with Crippen molar-refractivity contribution in [2.75, 3.05) is 6.61 Å². The summed E-state index contributed by atoms with van der Waals surface area (Å²) in [5.41, 5.74) is 1.55. The highest BCUT2D eigenvalue weighted by Gasteiger charge is 2.14. The van der Waals surface area contributed by atoms with Gasteiger partial charge in [0.15, 0.2) is 0 Å². The van der Waals surface area contributed by atoms with E-state index >= 15 is 0 Å². The first-order chi connectivity index (χ1) is 18.4. The zero-order valence-electron chi connectivity index (χ0n) is 24.7. The van der Waals surface area contributed by atoms with E-state index in [1.165, 1.54) is 154 Å². The Morgan fingerprint density at radius 1 is 0.595 bits per heavy atom. The van der Waals surface area contributed by atoms with Crippen LogP contribution in [0.1, 0.15) is 179 Å². The molecule has 0 N–H and O–H groups in total. The molecule has 0 unspecified atom stereocenters. The van der Waals surface area contributed by atoms with Crippen molar-refractivity contribution in [3.8, 4) is 0 Å². The van der Waals surface area contributed by atoms with Gasteiger partial charge in [0.1, 0.15) is 0 Å². The molecule has 1 fully saturated rings. The first-order valence-corrected chi connectivity index (χ1v) is 16.5. The van der Waals surface area contributed by atoms with Crippen molar-refractivity contribution in [2.24, 2.45) is 0 Å². The molecular formula is C35H62O2. The summed E-state index contributed by atoms with van der Waals surface area (Å²) in [7, 11) is 0. The lowest BCUT2D eigenvalue weighted by atomic mass is 9.84. The summed E-state index contributed by atoms with van der Waals surface area (Å²) in [6.45, 7) is 3.44. The topological polar surface area (TPSA) is 26.3 Å². The minimum atomic E-state index is 0.551. The summed E-state index contributed by atoms with van der Waals surface area (Å²) in [6.07, 6.45) is 35.0. The van der Waals surface area contributed by atoms with Crippen molar-refractivity contribution in [1.29, 1.82) is 0 Å². The van der Waals surface area contributed by atoms with Gasteiger partial charge in [0.2, 0.25) is 0 Å². The van der Waals surface area contributed by atoms with Gasteiger partial charge in [-0.05, 0) is 30.7 Å². The quantitative estimate of drug-likeness (QED) is 0.107. The predicted octanol–water partition coefficient (Wildman–Crippen LogP) is 11.7. The van der Waals surface area contributed by atoms with E-state index in [1.807, 2.05) is 0 Å². The zero-order valence-corrected chi connectivity index (χ0v) is 24.7. The molecule has 0 atom stereocenters. The fourth-order valence-electron chi connectivity index (χ4n) is 5.65. The van der Waals surface area contributed by atoms with Crippen LogP contribution in [0.5, 0.6) is 0 Å². The summed E-state index contributed by atoms with van der Waals surface area (Å²) in [6, 6.07) is 11.0. The van der Waals surface area contributed by atoms with Crippen LogP contribution in [0.15, 0.2) is 30.3 Å². The number of carbonyl (C=O) groups excluding carboxylic acids is 1. The fraction of sp³-hybridized carbons (Fsp3) is 0.800. The van der Waals surface area contributed by atoms with E-state index in [0.717, 1.165) is 12.3 Å². The van der Waals surface area contributed by atoms with Crippen LogP contribution in [0.25, 0.3) is 0 Å². The smallest absolute Gasteiger partial charge is 0.293 e. The highest BCUT2D eigenvalue weighted by molar-refractivity contribution is 5.36. The molecule has 0 bridgehead atoms. The van der Waals surface area contributed by atoms with Crippen molar-refractivity contribution >= 4 is 6.47 Å². The van der Waals surface area contributed by atoms with Crippen LogP contribution < -0.4 is 0 Å². The second-order valence-corrected chi connectivity index (χ2v) is 11.4. The van der Waals surface area contributed by atoms with Gasteiger partial charge in [0, 0.05) is 0 Å². The third kappa shape index (κ3) is 22.4. The Hall–Kier alpha value is -1.31. The van der Waals surface area contributed by atoms with Crippen LogP contribution in [0.4, 0.5) is 0 Å². The number of benzene rings is 1. The van der Waals surface area contributed by atoms with Gasteiger partial charge in [0.05, 0.1) is 6.61 Å². The van der Waals surface area contributed by atoms with Crippen molar-refractivity contribution in [3.05, 3.63) is 35.9 Å². The van der Waals surface area contributed by atoms with E-state index in [0.29, 0.717) is 13.1 Å². The predicted molar refractivity (Wildman–Crippen MR) is 162 cm³/mol. The Labute approximate surface area is 231 Å². The van der Waals surface area contributed by atoms with Crippen LogP contribution in [0.3, 0.4) is 0 Å². The maximum Gasteiger partial charge on any atom is 0.293 e. The first-order valence-electron chi connectivity index (χ1n) is 16.5. The third-order valence-electron chi connectivity index (χ3n) is 8.06. The van der Waals surface area contributed by atoms with Crippen LogP contribution in [0, 0.1) is 0 Å². The maximum atomic E-state index is 9.98. The lowest BCUT2D eigenvalue weighted by molar-refractivity contribution is -0.128. The largest absolute Gasteiger partial charge is 0.468 e. The molecule has 0 spiro atoms. The minimum Gasteiger partial charge on any atom is -0.468 e. The lowest BCUT2D eigenvalue weighted by Gasteiger charge is -2.21. The molecule has 214 valence electrons. The van der Waals surface area contributed by atoms with Gasteiger partial charge < -0.3 is 4.74 Å². The summed E-state index contributed by atoms with van der Waals surface area (Å²) >= 11 is 0. The normalized spacial score (nSPS) is 13.6. The molecule has 1 aromatic rings. The van der Waals surface area contributed by atoms with Gasteiger partial charge in [-0.25, -0.2) is 0 Å². The molecule has 37 heavy (non-hydrogen) atoms. The number of rotatable bonds is 23. The van der Waals surface area contributed by atoms with E-state index in [2.05, 4.69) is 42.0 Å². The number of ether oxygens (including phenoxy) is 1. The average molecular weight is 515 g/mol. The van der Waals surface area contributed by atoms with Crippen molar-refractivity contribution in [3.63, 3.8) is 0 Å². The lowest BCUT2D eigenvalue weighted by Crippen LogP contribution is -2.03. The van der Waals surface area contributed by atoms with Crippen molar-refractivity contribution in [1.82, 2.24) is 0 Å². The summed E-state index contributed by atoms with van der Waals surface area (Å²) in [5.74, 6) is 0.861. The van der Waals surface area contributed by atoms with Crippen LogP contribution in [-0.2, 0) is 9.53 Å². The first kappa shape index (κ1) is 33.7. The molecule has 1 aromatic carbocycles. The summed E-state index contributed by atoms with van der Waals surface area (Å²) in [4.78, 5) is 9.98. The summed E-state index contributed by atoms with van der Waals surface area (Å²) < 4.78 is 4.69. The Kier molecular flexibility index (Phi) is 25.3. The van der Waals surface area contributed by atoms with Gasteiger partial charge in [-0.3, -0.25) is 4.79 Å². The van der Waals surface area contributed by atoms with Crippen LogP contribution >= 0.6 is 0 Å². The molecule has 0 amide bonds. The van der Waals surface area contributed by atoms with Crippen LogP contribution in [0.2, 0.25) is 0 Å². The number of unbranched alkanes of at least 4 members (excludes halogenated alkanes) is 19. The maximum absolute atomic E-state index is 9.98. The molecule has 0 radical (unpaired) electrons. The molecule has 2 nitrogen and oxygen atoms in total. The van der Waals surface area contributed by atoms with Gasteiger partial charge in [0.25, 0.3) is 6.47 Å². The number of hydrogen-bond donors (Lipinski definition) is 0. The van der Waals surface area contributed by atoms with Crippen molar-refractivity contribution < 1.29 is 9.53 Å². The van der Waals surface area contributed by atoms with E-state index in [1.54, 1.807) is 5.56 Å². The molecule has 0 saturated heterocycles. The zero-order chi connectivity index (χ0) is 26.5. The van der Waals surface area contributed by atoms with E-state index < -0.39 is 0 Å². The van der Waals surface area contributed by atoms with Crippen LogP contribution in [-0.4, -0.2) is 13.1 Å². The Balaban J connectivity index is 0.000000466. The molecule has 1 aliphatic carbocycles. The highest BCUT2D eigenvalue weighted by Crippen LogP contribution is 2.32. The molecule has 0 aromatic heterocycles. The molecule has 2 heteroatoms. The second-order valence-electron chi connectivity index (χ2n) is 11.4. The SMILES string of the molecule is CCCCCCCCCCCCCCCCCCCCCCOC=O.c1ccc(C2CCCCC2)cc1. The Morgan fingerprint density at radius 3 is 1.41 bits per heavy atom. The summed E-state index contributed by atoms with van der Waals surface area (Å²) in [5, 5.41) is 0. The standard InChI is InChI=1S/C23H46O2.C12H16/c1-2-3-4-5-6-7-8-9-10-11-12-13-14-15-16-17-18-19-20-21-22-25-23-24;1-3-7-11(8-4-1)12-9-5-2-6-10-12/h23H,2-22H2,1H3;1,3-4,7-8,12H,2,5-6,9-10H2. The van der Waals surface area contributed by atoms with Crippen molar-refractivity contribution in [2.45, 2.75) is 173 Å². The Morgan fingerprint density at radius 2 is 1.00 bits per heavy atom. The van der Waals surface area contributed by atoms with E-state index in [9.17, 15) is 4.79 Å². The molecular weight excluding hydrogens is 452 g/mol. The number of carbonyl (C=O) groups is 1. The van der Waals surface area contributed by atoms with Gasteiger partial charge >= 0.3 is 0 Å². The Bertz CT molecular complexity index is 564. The average Bonchev–Trinajstić information content (AvgIpc) is 2.95. The van der Waals surface area contributed by atoms with E-state index in [4.69, 9.17) is 0 Å². The highest BCUT2D eigenvalue weighted by atomic mass is 16.5. The van der Waals surface area contributed by atoms with E-state index in [-0.39, 0.29) is 0 Å². The molecule has 2 rings (SSSR count). The molecule has 0 aliphatic heterocycles.